The Labute approximate surface area is 194 Å². The molecule has 1 N–H and O–H groups in total. The Morgan fingerprint density at radius 2 is 1.88 bits per heavy atom. The SMILES string of the molecule is CO[C@H]1[C@H](NC(=O)c2ccsc2)c2ccccc2C12CCN(Cc1ccc(C)cc1)CC2. The number of amides is 1. The van der Waals surface area contributed by atoms with Gasteiger partial charge in [-0.2, -0.15) is 11.3 Å². The van der Waals surface area contributed by atoms with Crippen molar-refractivity contribution in [2.45, 2.75) is 43.9 Å². The van der Waals surface area contributed by atoms with Gasteiger partial charge in [-0.1, -0.05) is 54.1 Å². The number of fused-ring (bicyclic) bond motifs is 2. The van der Waals surface area contributed by atoms with E-state index < -0.39 is 0 Å². The minimum atomic E-state index is -0.132. The van der Waals surface area contributed by atoms with Crippen LogP contribution in [0.3, 0.4) is 0 Å². The van der Waals surface area contributed by atoms with E-state index in [1.54, 1.807) is 18.4 Å². The number of carbonyl (C=O) groups excluding carboxylic acids is 1. The van der Waals surface area contributed by atoms with Crippen LogP contribution in [0.25, 0.3) is 0 Å². The fraction of sp³-hybridized carbons (Fsp3) is 0.370. The molecule has 32 heavy (non-hydrogen) atoms. The van der Waals surface area contributed by atoms with E-state index in [-0.39, 0.29) is 23.5 Å². The molecule has 4 nitrogen and oxygen atoms in total. The highest BCUT2D eigenvalue weighted by Crippen LogP contribution is 2.52. The van der Waals surface area contributed by atoms with Crippen LogP contribution in [0.5, 0.6) is 0 Å². The third kappa shape index (κ3) is 3.79. The molecule has 5 heteroatoms. The molecule has 1 saturated heterocycles. The van der Waals surface area contributed by atoms with Gasteiger partial charge in [0.2, 0.25) is 0 Å². The quantitative estimate of drug-likeness (QED) is 0.594. The fourth-order valence-electron chi connectivity index (χ4n) is 5.61. The average molecular weight is 447 g/mol. The predicted molar refractivity (Wildman–Crippen MR) is 129 cm³/mol. The lowest BCUT2D eigenvalue weighted by Gasteiger charge is -2.44. The van der Waals surface area contributed by atoms with Crippen LogP contribution in [0, 0.1) is 6.92 Å². The molecule has 1 aromatic heterocycles. The Bertz CT molecular complexity index is 1070. The first-order chi connectivity index (χ1) is 15.6. The second-order valence-corrected chi connectivity index (χ2v) is 9.90. The summed E-state index contributed by atoms with van der Waals surface area (Å²) in [5, 5.41) is 7.14. The molecule has 0 unspecified atom stereocenters. The van der Waals surface area contributed by atoms with Crippen molar-refractivity contribution in [3.05, 3.63) is 93.2 Å². The lowest BCUT2D eigenvalue weighted by Crippen LogP contribution is -2.50. The first-order valence-electron chi connectivity index (χ1n) is 11.3. The molecule has 2 aliphatic rings. The lowest BCUT2D eigenvalue weighted by atomic mass is 9.72. The topological polar surface area (TPSA) is 41.6 Å². The summed E-state index contributed by atoms with van der Waals surface area (Å²) in [4.78, 5) is 15.5. The van der Waals surface area contributed by atoms with E-state index in [0.717, 1.165) is 38.0 Å². The van der Waals surface area contributed by atoms with Crippen LogP contribution < -0.4 is 5.32 Å². The summed E-state index contributed by atoms with van der Waals surface area (Å²) < 4.78 is 6.15. The maximum absolute atomic E-state index is 12.9. The van der Waals surface area contributed by atoms with Crippen LogP contribution in [0.15, 0.2) is 65.4 Å². The highest BCUT2D eigenvalue weighted by molar-refractivity contribution is 7.08. The van der Waals surface area contributed by atoms with Crippen LogP contribution in [0.4, 0.5) is 0 Å². The Morgan fingerprint density at radius 1 is 1.12 bits per heavy atom. The van der Waals surface area contributed by atoms with Gasteiger partial charge in [0.25, 0.3) is 5.91 Å². The summed E-state index contributed by atoms with van der Waals surface area (Å²) in [6, 6.07) is 19.2. The van der Waals surface area contributed by atoms with Crippen molar-refractivity contribution >= 4 is 17.2 Å². The van der Waals surface area contributed by atoms with E-state index >= 15 is 0 Å². The number of rotatable bonds is 5. The smallest absolute Gasteiger partial charge is 0.252 e. The third-order valence-electron chi connectivity index (χ3n) is 7.28. The molecule has 1 spiro atoms. The summed E-state index contributed by atoms with van der Waals surface area (Å²) in [5.41, 5.74) is 5.86. The van der Waals surface area contributed by atoms with Crippen LogP contribution >= 0.6 is 11.3 Å². The minimum Gasteiger partial charge on any atom is -0.378 e. The second-order valence-electron chi connectivity index (χ2n) is 9.12. The molecule has 0 radical (unpaired) electrons. The number of thiophene rings is 1. The van der Waals surface area contributed by atoms with Gasteiger partial charge in [-0.15, -0.1) is 0 Å². The fourth-order valence-corrected chi connectivity index (χ4v) is 6.24. The number of ether oxygens (including phenoxy) is 1. The number of methoxy groups -OCH3 is 1. The van der Waals surface area contributed by atoms with Crippen LogP contribution in [0.1, 0.15) is 51.5 Å². The van der Waals surface area contributed by atoms with Gasteiger partial charge < -0.3 is 10.1 Å². The maximum Gasteiger partial charge on any atom is 0.252 e. The molecule has 2 heterocycles. The highest BCUT2D eigenvalue weighted by Gasteiger charge is 2.53. The zero-order chi connectivity index (χ0) is 22.1. The number of likely N-dealkylation sites (tertiary alicyclic amines) is 1. The van der Waals surface area contributed by atoms with Crippen LogP contribution in [-0.4, -0.2) is 37.1 Å². The maximum atomic E-state index is 12.9. The predicted octanol–water partition coefficient (Wildman–Crippen LogP) is 5.09. The Morgan fingerprint density at radius 3 is 2.56 bits per heavy atom. The van der Waals surface area contributed by atoms with E-state index in [1.807, 2.05) is 16.8 Å². The van der Waals surface area contributed by atoms with E-state index in [2.05, 4.69) is 65.7 Å². The standard InChI is InChI=1S/C27H30N2O2S/c1-19-7-9-20(10-8-19)17-29-14-12-27(13-15-29)23-6-4-3-5-22(23)24(25(27)31-2)28-26(30)21-11-16-32-18-21/h3-11,16,18,24-25H,12-15,17H2,1-2H3,(H,28,30)/t24-,25+/m1/s1. The van der Waals surface area contributed by atoms with Crippen molar-refractivity contribution in [3.63, 3.8) is 0 Å². The molecule has 0 saturated carbocycles. The third-order valence-corrected chi connectivity index (χ3v) is 7.96. The molecule has 1 aliphatic heterocycles. The Balaban J connectivity index is 1.37. The van der Waals surface area contributed by atoms with E-state index in [9.17, 15) is 4.79 Å². The molecule has 3 aromatic rings. The minimum absolute atomic E-state index is 0.0260. The second kappa shape index (κ2) is 8.81. The van der Waals surface area contributed by atoms with Crippen molar-refractivity contribution < 1.29 is 9.53 Å². The van der Waals surface area contributed by atoms with Gasteiger partial charge in [-0.05, 0) is 61.0 Å². The normalized spacial score (nSPS) is 22.1. The number of piperidine rings is 1. The van der Waals surface area contributed by atoms with Crippen molar-refractivity contribution in [1.82, 2.24) is 10.2 Å². The Hall–Kier alpha value is -2.47. The zero-order valence-corrected chi connectivity index (χ0v) is 19.5. The largest absolute Gasteiger partial charge is 0.378 e. The molecule has 5 rings (SSSR count). The molecular formula is C27H30N2O2S. The number of hydrogen-bond donors (Lipinski definition) is 1. The number of nitrogens with one attached hydrogen (secondary N) is 1. The molecule has 166 valence electrons. The molecule has 0 bridgehead atoms. The first kappa shape index (κ1) is 21.4. The zero-order valence-electron chi connectivity index (χ0n) is 18.7. The van der Waals surface area contributed by atoms with Crippen molar-refractivity contribution in [2.75, 3.05) is 20.2 Å². The molecule has 2 atom stereocenters. The van der Waals surface area contributed by atoms with Crippen molar-refractivity contribution in [1.29, 1.82) is 0 Å². The number of benzene rings is 2. The van der Waals surface area contributed by atoms with Crippen LogP contribution in [0.2, 0.25) is 0 Å². The first-order valence-corrected chi connectivity index (χ1v) is 12.3. The van der Waals surface area contributed by atoms with Gasteiger partial charge >= 0.3 is 0 Å². The van der Waals surface area contributed by atoms with Crippen molar-refractivity contribution in [2.24, 2.45) is 0 Å². The van der Waals surface area contributed by atoms with Gasteiger partial charge in [0.15, 0.2) is 0 Å². The lowest BCUT2D eigenvalue weighted by molar-refractivity contribution is -0.0122. The molecule has 1 aliphatic carbocycles. The summed E-state index contributed by atoms with van der Waals surface area (Å²) in [6.07, 6.45) is 1.99. The van der Waals surface area contributed by atoms with Gasteiger partial charge in [0.1, 0.15) is 0 Å². The van der Waals surface area contributed by atoms with E-state index in [0.29, 0.717) is 0 Å². The number of nitrogens with zero attached hydrogens (tertiary/aromatic N) is 1. The summed E-state index contributed by atoms with van der Waals surface area (Å²) >= 11 is 1.54. The summed E-state index contributed by atoms with van der Waals surface area (Å²) in [5.74, 6) is -0.0260. The molecule has 1 fully saturated rings. The van der Waals surface area contributed by atoms with Gasteiger partial charge in [-0.25, -0.2) is 0 Å². The molecule has 1 amide bonds. The highest BCUT2D eigenvalue weighted by atomic mass is 32.1. The monoisotopic (exact) mass is 446 g/mol. The van der Waals surface area contributed by atoms with Gasteiger partial charge in [0.05, 0.1) is 17.7 Å². The Kier molecular flexibility index (Phi) is 5.89. The number of carbonyl (C=O) groups is 1. The van der Waals surface area contributed by atoms with Gasteiger partial charge in [0, 0.05) is 24.4 Å². The number of hydrogen-bond acceptors (Lipinski definition) is 4. The number of aryl methyl sites for hydroxylation is 1. The van der Waals surface area contributed by atoms with E-state index in [4.69, 9.17) is 4.74 Å². The average Bonchev–Trinajstić information content (AvgIpc) is 3.44. The summed E-state index contributed by atoms with van der Waals surface area (Å²) in [6.45, 7) is 5.15. The molecular weight excluding hydrogens is 416 g/mol. The summed E-state index contributed by atoms with van der Waals surface area (Å²) in [7, 11) is 1.79. The van der Waals surface area contributed by atoms with Crippen LogP contribution in [-0.2, 0) is 16.7 Å². The van der Waals surface area contributed by atoms with Crippen molar-refractivity contribution in [3.8, 4) is 0 Å². The molecule has 2 aromatic carbocycles. The van der Waals surface area contributed by atoms with Gasteiger partial charge in [-0.3, -0.25) is 9.69 Å². The van der Waals surface area contributed by atoms with E-state index in [1.165, 1.54) is 22.3 Å².